The lowest BCUT2D eigenvalue weighted by molar-refractivity contribution is -0.118. The molecular formula is C18H18N4O2S. The monoisotopic (exact) mass is 354 g/mol. The summed E-state index contributed by atoms with van der Waals surface area (Å²) in [5, 5.41) is 9.18. The molecule has 6 nitrogen and oxygen atoms in total. The van der Waals surface area contributed by atoms with Gasteiger partial charge in [-0.25, -0.2) is 0 Å². The van der Waals surface area contributed by atoms with Crippen molar-refractivity contribution in [3.63, 3.8) is 0 Å². The van der Waals surface area contributed by atoms with Crippen molar-refractivity contribution < 1.29 is 9.21 Å². The van der Waals surface area contributed by atoms with Gasteiger partial charge in [0.1, 0.15) is 4.75 Å². The number of hydrogen-bond donors (Lipinski definition) is 0. The van der Waals surface area contributed by atoms with Gasteiger partial charge >= 0.3 is 0 Å². The van der Waals surface area contributed by atoms with Crippen LogP contribution in [0, 0.1) is 0 Å². The van der Waals surface area contributed by atoms with E-state index in [0.29, 0.717) is 11.6 Å². The molecule has 0 atom stereocenters. The molecule has 128 valence electrons. The van der Waals surface area contributed by atoms with Crippen LogP contribution in [0.25, 0.3) is 11.6 Å². The fourth-order valence-corrected chi connectivity index (χ4v) is 3.93. The predicted octanol–water partition coefficient (Wildman–Crippen LogP) is 3.36. The molecule has 1 saturated carbocycles. The summed E-state index contributed by atoms with van der Waals surface area (Å²) in [5.41, 5.74) is 0.897. The molecule has 1 fully saturated rings. The van der Waals surface area contributed by atoms with Gasteiger partial charge in [0.25, 0.3) is 0 Å². The standard InChI is InChI=1S/C18H18N4O2S/c1-21(13-7-4-3-5-8-13)16(23)18(10-11-18)25-17-20-19-15(22(17)2)14-9-6-12-24-14/h3-9,12H,10-11H2,1-2H3. The van der Waals surface area contributed by atoms with Crippen molar-refractivity contribution in [3.05, 3.63) is 48.7 Å². The van der Waals surface area contributed by atoms with Crippen molar-refractivity contribution in [1.82, 2.24) is 14.8 Å². The van der Waals surface area contributed by atoms with Gasteiger partial charge in [0.05, 0.1) is 6.26 Å². The highest BCUT2D eigenvalue weighted by Gasteiger charge is 2.53. The molecule has 4 rings (SSSR count). The maximum atomic E-state index is 13.0. The van der Waals surface area contributed by atoms with Gasteiger partial charge in [-0.1, -0.05) is 30.0 Å². The van der Waals surface area contributed by atoms with E-state index in [1.807, 2.05) is 61.1 Å². The zero-order valence-electron chi connectivity index (χ0n) is 14.0. The lowest BCUT2D eigenvalue weighted by Crippen LogP contribution is -2.36. The van der Waals surface area contributed by atoms with E-state index in [0.717, 1.165) is 23.7 Å². The summed E-state index contributed by atoms with van der Waals surface area (Å²) in [5.74, 6) is 1.43. The quantitative estimate of drug-likeness (QED) is 0.703. The average Bonchev–Trinajstić information content (AvgIpc) is 3.05. The van der Waals surface area contributed by atoms with E-state index in [9.17, 15) is 4.79 Å². The van der Waals surface area contributed by atoms with Crippen LogP contribution in [0.15, 0.2) is 58.3 Å². The third-order valence-electron chi connectivity index (χ3n) is 4.41. The van der Waals surface area contributed by atoms with Gasteiger partial charge < -0.3 is 13.9 Å². The summed E-state index contributed by atoms with van der Waals surface area (Å²) < 4.78 is 6.82. The van der Waals surface area contributed by atoms with E-state index in [-0.39, 0.29) is 5.91 Å². The number of anilines is 1. The van der Waals surface area contributed by atoms with Gasteiger partial charge in [-0.15, -0.1) is 10.2 Å². The molecule has 1 aliphatic rings. The average molecular weight is 354 g/mol. The van der Waals surface area contributed by atoms with Gasteiger partial charge in [-0.05, 0) is 37.1 Å². The molecular weight excluding hydrogens is 336 g/mol. The Bertz CT molecular complexity index is 885. The van der Waals surface area contributed by atoms with Crippen LogP contribution in [0.2, 0.25) is 0 Å². The van der Waals surface area contributed by atoms with Crippen molar-refractivity contribution in [2.45, 2.75) is 22.7 Å². The maximum absolute atomic E-state index is 13.0. The number of furan rings is 1. The minimum atomic E-state index is -0.453. The van der Waals surface area contributed by atoms with Crippen LogP contribution in [-0.4, -0.2) is 32.5 Å². The molecule has 0 spiro atoms. The normalized spacial score (nSPS) is 15.1. The smallest absolute Gasteiger partial charge is 0.243 e. The second kappa shape index (κ2) is 6.07. The fraction of sp³-hybridized carbons (Fsp3) is 0.278. The minimum Gasteiger partial charge on any atom is -0.461 e. The van der Waals surface area contributed by atoms with Gasteiger partial charge in [0.2, 0.25) is 5.91 Å². The van der Waals surface area contributed by atoms with Gasteiger partial charge in [0.15, 0.2) is 16.7 Å². The van der Waals surface area contributed by atoms with Crippen molar-refractivity contribution in [1.29, 1.82) is 0 Å². The summed E-state index contributed by atoms with van der Waals surface area (Å²) in [4.78, 5) is 14.7. The molecule has 25 heavy (non-hydrogen) atoms. The van der Waals surface area contributed by atoms with Crippen molar-refractivity contribution in [2.24, 2.45) is 7.05 Å². The Kier molecular flexibility index (Phi) is 3.88. The summed E-state index contributed by atoms with van der Waals surface area (Å²) in [7, 11) is 3.71. The number of rotatable bonds is 5. The highest BCUT2D eigenvalue weighted by molar-refractivity contribution is 8.01. The number of amides is 1. The Morgan fingerprint density at radius 3 is 2.60 bits per heavy atom. The lowest BCUT2D eigenvalue weighted by Gasteiger charge is -2.22. The van der Waals surface area contributed by atoms with E-state index < -0.39 is 4.75 Å². The van der Waals surface area contributed by atoms with Crippen LogP contribution in [0.5, 0.6) is 0 Å². The van der Waals surface area contributed by atoms with E-state index in [1.54, 1.807) is 11.2 Å². The van der Waals surface area contributed by atoms with Crippen LogP contribution >= 0.6 is 11.8 Å². The Labute approximate surface area is 149 Å². The molecule has 3 aromatic rings. The topological polar surface area (TPSA) is 64.2 Å². The number of carbonyl (C=O) groups excluding carboxylic acids is 1. The van der Waals surface area contributed by atoms with E-state index in [1.165, 1.54) is 11.8 Å². The molecule has 0 unspecified atom stereocenters. The van der Waals surface area contributed by atoms with Crippen LogP contribution in [0.1, 0.15) is 12.8 Å². The first-order valence-electron chi connectivity index (χ1n) is 8.06. The third kappa shape index (κ3) is 2.84. The van der Waals surface area contributed by atoms with Crippen molar-refractivity contribution >= 4 is 23.4 Å². The summed E-state index contributed by atoms with van der Waals surface area (Å²) in [6, 6.07) is 13.4. The molecule has 2 heterocycles. The van der Waals surface area contributed by atoms with Gasteiger partial charge in [-0.3, -0.25) is 4.79 Å². The number of aromatic nitrogens is 3. The maximum Gasteiger partial charge on any atom is 0.243 e. The van der Waals surface area contributed by atoms with Crippen LogP contribution in [0.3, 0.4) is 0 Å². The third-order valence-corrected chi connectivity index (χ3v) is 5.92. The fourth-order valence-electron chi connectivity index (χ4n) is 2.75. The Hall–Kier alpha value is -2.54. The molecule has 1 aromatic carbocycles. The molecule has 0 N–H and O–H groups in total. The first-order chi connectivity index (χ1) is 12.1. The molecule has 0 bridgehead atoms. The van der Waals surface area contributed by atoms with Gasteiger partial charge in [-0.2, -0.15) is 0 Å². The van der Waals surface area contributed by atoms with E-state index in [4.69, 9.17) is 4.42 Å². The Morgan fingerprint density at radius 2 is 1.96 bits per heavy atom. The molecule has 0 saturated heterocycles. The van der Waals surface area contributed by atoms with Crippen LogP contribution < -0.4 is 4.90 Å². The second-order valence-electron chi connectivity index (χ2n) is 6.14. The molecule has 0 radical (unpaired) electrons. The minimum absolute atomic E-state index is 0.103. The SMILES string of the molecule is CN(C(=O)C1(Sc2nnc(-c3ccco3)n2C)CC1)c1ccccc1. The van der Waals surface area contributed by atoms with Crippen LogP contribution in [-0.2, 0) is 11.8 Å². The molecule has 1 aliphatic carbocycles. The summed E-state index contributed by atoms with van der Waals surface area (Å²) in [6.07, 6.45) is 3.30. The number of nitrogens with zero attached hydrogens (tertiary/aromatic N) is 4. The number of thioether (sulfide) groups is 1. The zero-order chi connectivity index (χ0) is 17.4. The zero-order valence-corrected chi connectivity index (χ0v) is 14.9. The first kappa shape index (κ1) is 16.0. The number of benzene rings is 1. The summed E-state index contributed by atoms with van der Waals surface area (Å²) >= 11 is 1.49. The highest BCUT2D eigenvalue weighted by Crippen LogP contribution is 2.52. The molecule has 0 aliphatic heterocycles. The van der Waals surface area contributed by atoms with E-state index in [2.05, 4.69) is 10.2 Å². The molecule has 1 amide bonds. The van der Waals surface area contributed by atoms with E-state index >= 15 is 0 Å². The number of para-hydroxylation sites is 1. The predicted molar refractivity (Wildman–Crippen MR) is 96.4 cm³/mol. The number of carbonyl (C=O) groups is 1. The second-order valence-corrected chi connectivity index (χ2v) is 7.49. The number of hydrogen-bond acceptors (Lipinski definition) is 5. The summed E-state index contributed by atoms with van der Waals surface area (Å²) in [6.45, 7) is 0. The first-order valence-corrected chi connectivity index (χ1v) is 8.88. The molecule has 7 heteroatoms. The largest absolute Gasteiger partial charge is 0.461 e. The highest BCUT2D eigenvalue weighted by atomic mass is 32.2. The van der Waals surface area contributed by atoms with Gasteiger partial charge in [0, 0.05) is 19.8 Å². The van der Waals surface area contributed by atoms with Crippen molar-refractivity contribution in [3.8, 4) is 11.6 Å². The Balaban J connectivity index is 1.56. The van der Waals surface area contributed by atoms with Crippen LogP contribution in [0.4, 0.5) is 5.69 Å². The lowest BCUT2D eigenvalue weighted by atomic mass is 10.2. The van der Waals surface area contributed by atoms with Crippen molar-refractivity contribution in [2.75, 3.05) is 11.9 Å². The molecule has 2 aromatic heterocycles. The Morgan fingerprint density at radius 1 is 1.20 bits per heavy atom.